The summed E-state index contributed by atoms with van der Waals surface area (Å²) in [6, 6.07) is 8.15. The van der Waals surface area contributed by atoms with Crippen LogP contribution in [0.4, 0.5) is 6.01 Å². The number of rotatable bonds is 3. The Morgan fingerprint density at radius 3 is 2.87 bits per heavy atom. The normalized spacial score (nSPS) is 13.0. The summed E-state index contributed by atoms with van der Waals surface area (Å²) in [6.07, 6.45) is 0. The molecule has 0 saturated heterocycles. The number of oxazole rings is 1. The second kappa shape index (κ2) is 3.90. The number of hydrogen-bond acceptors (Lipinski definition) is 4. The highest BCUT2D eigenvalue weighted by molar-refractivity contribution is 5.74. The van der Waals surface area contributed by atoms with Crippen molar-refractivity contribution < 1.29 is 9.52 Å². The first-order valence-electron chi connectivity index (χ1n) is 4.91. The van der Waals surface area contributed by atoms with Crippen molar-refractivity contribution in [2.75, 3.05) is 18.6 Å². The summed E-state index contributed by atoms with van der Waals surface area (Å²) in [5.74, 6) is 0. The minimum absolute atomic E-state index is 0.00179. The molecule has 0 radical (unpaired) electrons. The van der Waals surface area contributed by atoms with Crippen molar-refractivity contribution >= 4 is 17.1 Å². The molecular weight excluding hydrogens is 192 g/mol. The zero-order chi connectivity index (χ0) is 10.8. The van der Waals surface area contributed by atoms with Crippen molar-refractivity contribution in [3.05, 3.63) is 24.3 Å². The van der Waals surface area contributed by atoms with Crippen molar-refractivity contribution in [1.29, 1.82) is 0 Å². The SMILES string of the molecule is CC(CO)N(C)c1nc2ccccc2o1. The highest BCUT2D eigenvalue weighted by Crippen LogP contribution is 2.21. The maximum absolute atomic E-state index is 9.03. The van der Waals surface area contributed by atoms with Crippen LogP contribution in [-0.4, -0.2) is 29.8 Å². The molecule has 0 aliphatic carbocycles. The molecule has 15 heavy (non-hydrogen) atoms. The van der Waals surface area contributed by atoms with Crippen LogP contribution in [-0.2, 0) is 0 Å². The molecule has 1 heterocycles. The van der Waals surface area contributed by atoms with Crippen molar-refractivity contribution in [2.45, 2.75) is 13.0 Å². The first kappa shape index (κ1) is 9.98. The number of aliphatic hydroxyl groups excluding tert-OH is 1. The fourth-order valence-corrected chi connectivity index (χ4v) is 1.32. The first-order valence-corrected chi connectivity index (χ1v) is 4.91. The summed E-state index contributed by atoms with van der Waals surface area (Å²) in [5.41, 5.74) is 1.61. The first-order chi connectivity index (χ1) is 7.22. The van der Waals surface area contributed by atoms with Crippen LogP contribution in [0.3, 0.4) is 0 Å². The molecule has 1 aromatic carbocycles. The maximum atomic E-state index is 9.03. The lowest BCUT2D eigenvalue weighted by Gasteiger charge is -2.20. The van der Waals surface area contributed by atoms with Crippen LogP contribution in [0.2, 0.25) is 0 Å². The molecule has 0 fully saturated rings. The van der Waals surface area contributed by atoms with Gasteiger partial charge in [-0.25, -0.2) is 0 Å². The summed E-state index contributed by atoms with van der Waals surface area (Å²) in [5, 5.41) is 9.03. The van der Waals surface area contributed by atoms with Gasteiger partial charge < -0.3 is 14.4 Å². The van der Waals surface area contributed by atoms with Gasteiger partial charge in [0.2, 0.25) is 0 Å². The smallest absolute Gasteiger partial charge is 0.298 e. The van der Waals surface area contributed by atoms with Crippen molar-refractivity contribution in [1.82, 2.24) is 4.98 Å². The molecule has 0 spiro atoms. The lowest BCUT2D eigenvalue weighted by molar-refractivity contribution is 0.267. The zero-order valence-electron chi connectivity index (χ0n) is 8.84. The predicted octanol–water partition coefficient (Wildman–Crippen LogP) is 1.64. The van der Waals surface area contributed by atoms with Gasteiger partial charge in [0.15, 0.2) is 5.58 Å². The summed E-state index contributed by atoms with van der Waals surface area (Å²) in [6.45, 7) is 1.99. The fraction of sp³-hybridized carbons (Fsp3) is 0.364. The predicted molar refractivity (Wildman–Crippen MR) is 59.0 cm³/mol. The van der Waals surface area contributed by atoms with E-state index in [0.717, 1.165) is 11.1 Å². The molecule has 1 N–H and O–H groups in total. The van der Waals surface area contributed by atoms with E-state index in [4.69, 9.17) is 9.52 Å². The van der Waals surface area contributed by atoms with Crippen LogP contribution < -0.4 is 4.90 Å². The number of likely N-dealkylation sites (N-methyl/N-ethyl adjacent to an activating group) is 1. The van der Waals surface area contributed by atoms with Gasteiger partial charge in [-0.3, -0.25) is 0 Å². The Kier molecular flexibility index (Phi) is 2.60. The molecule has 2 aromatic rings. The molecule has 0 bridgehead atoms. The second-order valence-corrected chi connectivity index (χ2v) is 3.61. The third-order valence-corrected chi connectivity index (χ3v) is 2.51. The molecule has 0 aliphatic rings. The molecule has 4 heteroatoms. The van der Waals surface area contributed by atoms with Gasteiger partial charge in [-0.15, -0.1) is 0 Å². The molecule has 0 aliphatic heterocycles. The summed E-state index contributed by atoms with van der Waals surface area (Å²) in [4.78, 5) is 6.15. The average molecular weight is 206 g/mol. The van der Waals surface area contributed by atoms with E-state index in [0.29, 0.717) is 6.01 Å². The maximum Gasteiger partial charge on any atom is 0.298 e. The summed E-state index contributed by atoms with van der Waals surface area (Å²) < 4.78 is 5.56. The third kappa shape index (κ3) is 1.80. The molecule has 1 atom stereocenters. The number of anilines is 1. The van der Waals surface area contributed by atoms with E-state index in [9.17, 15) is 0 Å². The van der Waals surface area contributed by atoms with Crippen LogP contribution >= 0.6 is 0 Å². The molecular formula is C11H14N2O2. The van der Waals surface area contributed by atoms with Crippen molar-refractivity contribution in [3.63, 3.8) is 0 Å². The number of hydrogen-bond donors (Lipinski definition) is 1. The number of nitrogens with zero attached hydrogens (tertiary/aromatic N) is 2. The molecule has 2 rings (SSSR count). The minimum Gasteiger partial charge on any atom is -0.423 e. The van der Waals surface area contributed by atoms with E-state index >= 15 is 0 Å². The monoisotopic (exact) mass is 206 g/mol. The van der Waals surface area contributed by atoms with Crippen LogP contribution in [0.1, 0.15) is 6.92 Å². The molecule has 4 nitrogen and oxygen atoms in total. The van der Waals surface area contributed by atoms with Crippen LogP contribution in [0.25, 0.3) is 11.1 Å². The van der Waals surface area contributed by atoms with Gasteiger partial charge in [0.1, 0.15) is 5.52 Å². The van der Waals surface area contributed by atoms with Gasteiger partial charge in [-0.05, 0) is 19.1 Å². The van der Waals surface area contributed by atoms with Crippen LogP contribution in [0, 0.1) is 0 Å². The van der Waals surface area contributed by atoms with Crippen molar-refractivity contribution in [2.24, 2.45) is 0 Å². The van der Waals surface area contributed by atoms with E-state index < -0.39 is 0 Å². The Bertz CT molecular complexity index is 420. The topological polar surface area (TPSA) is 49.5 Å². The van der Waals surface area contributed by atoms with Gasteiger partial charge in [-0.1, -0.05) is 12.1 Å². The molecule has 80 valence electrons. The number of benzene rings is 1. The van der Waals surface area contributed by atoms with Gasteiger partial charge in [0.05, 0.1) is 12.6 Å². The average Bonchev–Trinajstić information content (AvgIpc) is 2.70. The summed E-state index contributed by atoms with van der Waals surface area (Å²) in [7, 11) is 1.85. The number of aromatic nitrogens is 1. The fourth-order valence-electron chi connectivity index (χ4n) is 1.32. The third-order valence-electron chi connectivity index (χ3n) is 2.51. The number of para-hydroxylation sites is 2. The Morgan fingerprint density at radius 2 is 2.20 bits per heavy atom. The van der Waals surface area contributed by atoms with E-state index in [-0.39, 0.29) is 12.6 Å². The van der Waals surface area contributed by atoms with E-state index in [1.807, 2.05) is 43.1 Å². The Balaban J connectivity index is 2.36. The Labute approximate surface area is 88.1 Å². The molecule has 1 aromatic heterocycles. The van der Waals surface area contributed by atoms with Gasteiger partial charge in [-0.2, -0.15) is 4.98 Å². The highest BCUT2D eigenvalue weighted by atomic mass is 16.4. The quantitative estimate of drug-likeness (QED) is 0.829. The Hall–Kier alpha value is -1.55. The van der Waals surface area contributed by atoms with Gasteiger partial charge in [0.25, 0.3) is 6.01 Å². The van der Waals surface area contributed by atoms with E-state index in [1.165, 1.54) is 0 Å². The van der Waals surface area contributed by atoms with Gasteiger partial charge in [0, 0.05) is 7.05 Å². The minimum atomic E-state index is -0.00179. The van der Waals surface area contributed by atoms with E-state index in [2.05, 4.69) is 4.98 Å². The molecule has 0 amide bonds. The lowest BCUT2D eigenvalue weighted by atomic mass is 10.3. The number of aliphatic hydroxyl groups is 1. The van der Waals surface area contributed by atoms with Crippen LogP contribution in [0.5, 0.6) is 0 Å². The van der Waals surface area contributed by atoms with Crippen LogP contribution in [0.15, 0.2) is 28.7 Å². The molecule has 1 unspecified atom stereocenters. The second-order valence-electron chi connectivity index (χ2n) is 3.61. The summed E-state index contributed by atoms with van der Waals surface area (Å²) >= 11 is 0. The van der Waals surface area contributed by atoms with E-state index in [1.54, 1.807) is 0 Å². The number of fused-ring (bicyclic) bond motifs is 1. The highest BCUT2D eigenvalue weighted by Gasteiger charge is 2.14. The largest absolute Gasteiger partial charge is 0.423 e. The zero-order valence-corrected chi connectivity index (χ0v) is 8.84. The molecule has 0 saturated carbocycles. The lowest BCUT2D eigenvalue weighted by Crippen LogP contribution is -2.31. The van der Waals surface area contributed by atoms with Gasteiger partial charge >= 0.3 is 0 Å². The standard InChI is InChI=1S/C11H14N2O2/c1-8(7-14)13(2)11-12-9-5-3-4-6-10(9)15-11/h3-6,8,14H,7H2,1-2H3. The van der Waals surface area contributed by atoms with Crippen molar-refractivity contribution in [3.8, 4) is 0 Å². The Morgan fingerprint density at radius 1 is 1.47 bits per heavy atom.